The van der Waals surface area contributed by atoms with Gasteiger partial charge in [0.15, 0.2) is 0 Å². The van der Waals surface area contributed by atoms with Crippen LogP contribution < -0.4 is 4.74 Å². The maximum Gasteiger partial charge on any atom is 0.137 e. The summed E-state index contributed by atoms with van der Waals surface area (Å²) < 4.78 is 7.74. The summed E-state index contributed by atoms with van der Waals surface area (Å²) in [5, 5.41) is 0. The number of hydrogen-bond acceptors (Lipinski definition) is 3. The third kappa shape index (κ3) is 3.52. The molecule has 0 aliphatic rings. The molecule has 4 heteroatoms. The quantitative estimate of drug-likeness (QED) is 0.699. The Labute approximate surface area is 129 Å². The van der Waals surface area contributed by atoms with E-state index in [4.69, 9.17) is 4.74 Å². The lowest BCUT2D eigenvalue weighted by atomic mass is 10.1. The Morgan fingerprint density at radius 2 is 2.00 bits per heavy atom. The molecule has 0 N–H and O–H groups in total. The molecule has 0 bridgehead atoms. The first-order chi connectivity index (χ1) is 10.7. The number of pyridine rings is 1. The molecule has 2 aromatic heterocycles. The zero-order valence-corrected chi connectivity index (χ0v) is 12.5. The van der Waals surface area contributed by atoms with Crippen LogP contribution in [-0.4, -0.2) is 15.2 Å². The van der Waals surface area contributed by atoms with Crippen LogP contribution in [0.25, 0.3) is 5.65 Å². The summed E-state index contributed by atoms with van der Waals surface area (Å²) in [5.74, 6) is 1.02. The monoisotopic (exact) mass is 294 g/mol. The van der Waals surface area contributed by atoms with Gasteiger partial charge in [-0.1, -0.05) is 18.2 Å². The van der Waals surface area contributed by atoms with E-state index in [1.54, 1.807) is 6.92 Å². The van der Waals surface area contributed by atoms with E-state index in [1.165, 1.54) is 0 Å². The normalized spacial score (nSPS) is 10.8. The van der Waals surface area contributed by atoms with Crippen LogP contribution in [0.4, 0.5) is 0 Å². The minimum atomic E-state index is 0.215. The molecule has 0 aliphatic heterocycles. The van der Waals surface area contributed by atoms with Gasteiger partial charge in [0.1, 0.15) is 23.8 Å². The molecule has 0 atom stereocenters. The maximum absolute atomic E-state index is 11.0. The van der Waals surface area contributed by atoms with E-state index in [-0.39, 0.29) is 5.78 Å². The van der Waals surface area contributed by atoms with E-state index in [0.717, 1.165) is 29.1 Å². The van der Waals surface area contributed by atoms with Crippen molar-refractivity contribution in [3.05, 3.63) is 66.1 Å². The number of carbonyl (C=O) groups is 1. The lowest BCUT2D eigenvalue weighted by molar-refractivity contribution is -0.116. The van der Waals surface area contributed by atoms with E-state index < -0.39 is 0 Å². The molecular weight excluding hydrogens is 276 g/mol. The molecule has 0 aliphatic carbocycles. The van der Waals surface area contributed by atoms with E-state index in [9.17, 15) is 4.79 Å². The lowest BCUT2D eigenvalue weighted by Gasteiger charge is -2.05. The fourth-order valence-corrected chi connectivity index (χ4v) is 2.29. The topological polar surface area (TPSA) is 43.6 Å². The molecule has 2 heterocycles. The number of ketones is 1. The maximum atomic E-state index is 11.0. The molecule has 0 saturated heterocycles. The summed E-state index contributed by atoms with van der Waals surface area (Å²) in [6.07, 6.45) is 5.30. The van der Waals surface area contributed by atoms with Crippen molar-refractivity contribution in [3.8, 4) is 5.75 Å². The molecule has 4 nitrogen and oxygen atoms in total. The highest BCUT2D eigenvalue weighted by molar-refractivity contribution is 5.75. The summed E-state index contributed by atoms with van der Waals surface area (Å²) >= 11 is 0. The van der Waals surface area contributed by atoms with Crippen LogP contribution in [0.15, 0.2) is 54.9 Å². The average Bonchev–Trinajstić information content (AvgIpc) is 2.95. The highest BCUT2D eigenvalue weighted by Gasteiger charge is 2.03. The van der Waals surface area contributed by atoms with Gasteiger partial charge in [-0.3, -0.25) is 0 Å². The Morgan fingerprint density at radius 3 is 2.73 bits per heavy atom. The number of benzene rings is 1. The number of carbonyl (C=O) groups excluding carboxylic acids is 1. The summed E-state index contributed by atoms with van der Waals surface area (Å²) in [4.78, 5) is 15.5. The fourth-order valence-electron chi connectivity index (χ4n) is 2.29. The van der Waals surface area contributed by atoms with Crippen LogP contribution in [0.1, 0.15) is 24.6 Å². The second kappa shape index (κ2) is 6.43. The Morgan fingerprint density at radius 1 is 1.18 bits per heavy atom. The van der Waals surface area contributed by atoms with Crippen molar-refractivity contribution in [1.29, 1.82) is 0 Å². The van der Waals surface area contributed by atoms with Gasteiger partial charge in [0.2, 0.25) is 0 Å². The highest BCUT2D eigenvalue weighted by atomic mass is 16.5. The molecule has 1 aromatic carbocycles. The minimum Gasteiger partial charge on any atom is -0.487 e. The Hall–Kier alpha value is -2.62. The zero-order valence-electron chi connectivity index (χ0n) is 12.5. The second-order valence-corrected chi connectivity index (χ2v) is 5.33. The largest absolute Gasteiger partial charge is 0.487 e. The van der Waals surface area contributed by atoms with Gasteiger partial charge in [-0.15, -0.1) is 0 Å². The number of rotatable bonds is 6. The SMILES string of the molecule is CC(=O)CCc1ccc(OCc2cn3ccccc3n2)cc1. The van der Waals surface area contributed by atoms with E-state index in [2.05, 4.69) is 4.98 Å². The summed E-state index contributed by atoms with van der Waals surface area (Å²) in [6, 6.07) is 13.8. The number of Topliss-reactive ketones (excluding diaryl/α,β-unsaturated/α-hetero) is 1. The number of aryl methyl sites for hydroxylation is 1. The summed E-state index contributed by atoms with van der Waals surface area (Å²) in [7, 11) is 0. The first kappa shape index (κ1) is 14.3. The van der Waals surface area contributed by atoms with Crippen molar-refractivity contribution < 1.29 is 9.53 Å². The molecule has 112 valence electrons. The Kier molecular flexibility index (Phi) is 4.19. The molecule has 3 rings (SSSR count). The number of ether oxygens (including phenoxy) is 1. The molecule has 22 heavy (non-hydrogen) atoms. The van der Waals surface area contributed by atoms with E-state index in [1.807, 2.05) is 59.3 Å². The van der Waals surface area contributed by atoms with Crippen LogP contribution in [0.3, 0.4) is 0 Å². The van der Waals surface area contributed by atoms with Gasteiger partial charge < -0.3 is 13.9 Å². The number of imidazole rings is 1. The second-order valence-electron chi connectivity index (χ2n) is 5.33. The standard InChI is InChI=1S/C18H18N2O2/c1-14(21)5-6-15-7-9-17(10-8-15)22-13-16-12-20-11-3-2-4-18(20)19-16/h2-4,7-12H,5-6,13H2,1H3. The van der Waals surface area contributed by atoms with Crippen molar-refractivity contribution in [3.63, 3.8) is 0 Å². The van der Waals surface area contributed by atoms with Crippen LogP contribution in [0.5, 0.6) is 5.75 Å². The van der Waals surface area contributed by atoms with Crippen LogP contribution in [0.2, 0.25) is 0 Å². The van der Waals surface area contributed by atoms with Gasteiger partial charge >= 0.3 is 0 Å². The predicted octanol–water partition coefficient (Wildman–Crippen LogP) is 3.43. The molecule has 0 unspecified atom stereocenters. The van der Waals surface area contributed by atoms with Gasteiger partial charge in [-0.2, -0.15) is 0 Å². The first-order valence-electron chi connectivity index (χ1n) is 7.34. The highest BCUT2D eigenvalue weighted by Crippen LogP contribution is 2.15. The summed E-state index contributed by atoms with van der Waals surface area (Å²) in [5.41, 5.74) is 2.96. The number of hydrogen-bond donors (Lipinski definition) is 0. The fraction of sp³-hybridized carbons (Fsp3) is 0.222. The Bertz CT molecular complexity index is 742. The predicted molar refractivity (Wildman–Crippen MR) is 85.0 cm³/mol. The van der Waals surface area contributed by atoms with Crippen molar-refractivity contribution in [2.75, 3.05) is 0 Å². The number of aromatic nitrogens is 2. The van der Waals surface area contributed by atoms with Gasteiger partial charge in [0, 0.05) is 18.8 Å². The third-order valence-corrected chi connectivity index (χ3v) is 3.49. The molecule has 0 saturated carbocycles. The van der Waals surface area contributed by atoms with Gasteiger partial charge in [0.05, 0.1) is 5.69 Å². The molecular formula is C18H18N2O2. The van der Waals surface area contributed by atoms with Crippen LogP contribution >= 0.6 is 0 Å². The van der Waals surface area contributed by atoms with E-state index in [0.29, 0.717) is 13.0 Å². The van der Waals surface area contributed by atoms with Crippen molar-refractivity contribution >= 4 is 11.4 Å². The van der Waals surface area contributed by atoms with Crippen molar-refractivity contribution in [1.82, 2.24) is 9.38 Å². The van der Waals surface area contributed by atoms with Gasteiger partial charge in [0.25, 0.3) is 0 Å². The van der Waals surface area contributed by atoms with Crippen LogP contribution in [0, 0.1) is 0 Å². The first-order valence-corrected chi connectivity index (χ1v) is 7.34. The molecule has 0 spiro atoms. The lowest BCUT2D eigenvalue weighted by Crippen LogP contribution is -1.97. The molecule has 0 amide bonds. The molecule has 0 radical (unpaired) electrons. The third-order valence-electron chi connectivity index (χ3n) is 3.49. The van der Waals surface area contributed by atoms with Gasteiger partial charge in [-0.25, -0.2) is 4.98 Å². The molecule has 3 aromatic rings. The van der Waals surface area contributed by atoms with E-state index >= 15 is 0 Å². The smallest absolute Gasteiger partial charge is 0.137 e. The van der Waals surface area contributed by atoms with Gasteiger partial charge in [-0.05, 0) is 43.2 Å². The Balaban J connectivity index is 1.60. The van der Waals surface area contributed by atoms with Crippen LogP contribution in [-0.2, 0) is 17.8 Å². The average molecular weight is 294 g/mol. The van der Waals surface area contributed by atoms with Crippen molar-refractivity contribution in [2.24, 2.45) is 0 Å². The summed E-state index contributed by atoms with van der Waals surface area (Å²) in [6.45, 7) is 2.06. The minimum absolute atomic E-state index is 0.215. The molecule has 0 fully saturated rings. The number of nitrogens with zero attached hydrogens (tertiary/aromatic N) is 2. The van der Waals surface area contributed by atoms with Crippen molar-refractivity contribution in [2.45, 2.75) is 26.4 Å². The number of fused-ring (bicyclic) bond motifs is 1. The zero-order chi connectivity index (χ0) is 15.4.